The number of thiocarbonyl (C=S) groups is 1. The van der Waals surface area contributed by atoms with E-state index in [1.54, 1.807) is 6.20 Å². The van der Waals surface area contributed by atoms with Gasteiger partial charge in [-0.05, 0) is 38.4 Å². The fraction of sp³-hybridized carbons (Fsp3) is 0.583. The fourth-order valence-corrected chi connectivity index (χ4v) is 2.24. The first kappa shape index (κ1) is 16.1. The maximum atomic E-state index is 5.18. The molecule has 0 aliphatic rings. The van der Waals surface area contributed by atoms with E-state index in [1.807, 2.05) is 38.0 Å². The second-order valence-corrected chi connectivity index (χ2v) is 5.77. The van der Waals surface area contributed by atoms with Gasteiger partial charge in [0, 0.05) is 37.3 Å². The molecule has 0 amide bonds. The van der Waals surface area contributed by atoms with Crippen LogP contribution < -0.4 is 10.6 Å². The molecule has 0 radical (unpaired) electrons. The molecule has 1 aromatic heterocycles. The molecule has 0 fully saturated rings. The number of hydrogen-bond acceptors (Lipinski definition) is 5. The minimum absolute atomic E-state index is 0.724. The quantitative estimate of drug-likeness (QED) is 0.542. The van der Waals surface area contributed by atoms with Crippen molar-refractivity contribution in [2.75, 3.05) is 39.5 Å². The van der Waals surface area contributed by atoms with Crippen molar-refractivity contribution in [3.8, 4) is 0 Å². The van der Waals surface area contributed by atoms with E-state index in [-0.39, 0.29) is 0 Å². The predicted octanol–water partition coefficient (Wildman–Crippen LogP) is 0.735. The zero-order valence-electron chi connectivity index (χ0n) is 11.4. The molecule has 2 N–H and O–H groups in total. The molecule has 0 saturated carbocycles. The summed E-state index contributed by atoms with van der Waals surface area (Å²) in [6.07, 6.45) is 1.69. The molecule has 1 aromatic rings. The zero-order valence-corrected chi connectivity index (χ0v) is 13.1. The Kier molecular flexibility index (Phi) is 8.44. The van der Waals surface area contributed by atoms with Crippen LogP contribution in [0.25, 0.3) is 0 Å². The molecular formula is C12H21N5S2. The number of nitrogens with one attached hydrogen (secondary N) is 2. The lowest BCUT2D eigenvalue weighted by Crippen LogP contribution is -2.39. The highest BCUT2D eigenvalue weighted by molar-refractivity contribution is 7.98. The van der Waals surface area contributed by atoms with Crippen LogP contribution in [0.3, 0.4) is 0 Å². The van der Waals surface area contributed by atoms with E-state index in [9.17, 15) is 0 Å². The lowest BCUT2D eigenvalue weighted by molar-refractivity contribution is 0.412. The van der Waals surface area contributed by atoms with Gasteiger partial charge in [-0.2, -0.15) is 22.0 Å². The van der Waals surface area contributed by atoms with Crippen molar-refractivity contribution in [1.82, 2.24) is 25.7 Å². The Morgan fingerprint density at radius 2 is 2.16 bits per heavy atom. The van der Waals surface area contributed by atoms with Crippen LogP contribution in [0.15, 0.2) is 18.3 Å². The third-order valence-electron chi connectivity index (χ3n) is 2.25. The van der Waals surface area contributed by atoms with Crippen molar-refractivity contribution < 1.29 is 0 Å². The van der Waals surface area contributed by atoms with E-state index in [1.165, 1.54) is 0 Å². The van der Waals surface area contributed by atoms with Crippen LogP contribution in [0.4, 0.5) is 0 Å². The lowest BCUT2D eigenvalue weighted by Gasteiger charge is -2.13. The summed E-state index contributed by atoms with van der Waals surface area (Å²) >= 11 is 6.99. The van der Waals surface area contributed by atoms with Crippen molar-refractivity contribution in [3.05, 3.63) is 24.0 Å². The van der Waals surface area contributed by atoms with Crippen molar-refractivity contribution in [2.24, 2.45) is 0 Å². The van der Waals surface area contributed by atoms with Gasteiger partial charge >= 0.3 is 0 Å². The van der Waals surface area contributed by atoms with Gasteiger partial charge in [0.25, 0.3) is 0 Å². The molecule has 5 nitrogen and oxygen atoms in total. The number of likely N-dealkylation sites (N-methyl/N-ethyl adjacent to an activating group) is 1. The number of nitrogens with zero attached hydrogens (tertiary/aromatic N) is 3. The monoisotopic (exact) mass is 299 g/mol. The van der Waals surface area contributed by atoms with Gasteiger partial charge in [-0.15, -0.1) is 0 Å². The third kappa shape index (κ3) is 8.74. The minimum Gasteiger partial charge on any atom is -0.362 e. The SMILES string of the molecule is CN(C)CCNC(=S)NCCSCc1cccnn1. The molecule has 0 saturated heterocycles. The number of hydrogen-bond donors (Lipinski definition) is 2. The molecular weight excluding hydrogens is 278 g/mol. The first-order valence-electron chi connectivity index (χ1n) is 6.19. The van der Waals surface area contributed by atoms with Gasteiger partial charge in [-0.3, -0.25) is 0 Å². The normalized spacial score (nSPS) is 10.5. The van der Waals surface area contributed by atoms with Crippen LogP contribution in [-0.4, -0.2) is 59.7 Å². The topological polar surface area (TPSA) is 53.1 Å². The van der Waals surface area contributed by atoms with Crippen LogP contribution in [0, 0.1) is 0 Å². The standard InChI is InChI=1S/C12H21N5S2/c1-17(2)8-6-13-12(18)14-7-9-19-10-11-4-3-5-15-16-11/h3-5H,6-10H2,1-2H3,(H2,13,14,18). The molecule has 0 atom stereocenters. The largest absolute Gasteiger partial charge is 0.362 e. The Hall–Kier alpha value is -0.920. The van der Waals surface area contributed by atoms with Crippen molar-refractivity contribution in [1.29, 1.82) is 0 Å². The molecule has 106 valence electrons. The molecule has 0 bridgehead atoms. The van der Waals surface area contributed by atoms with E-state index in [2.05, 4.69) is 25.7 Å². The summed E-state index contributed by atoms with van der Waals surface area (Å²) in [7, 11) is 4.09. The van der Waals surface area contributed by atoms with Gasteiger partial charge in [-0.1, -0.05) is 0 Å². The molecule has 0 aromatic carbocycles. The zero-order chi connectivity index (χ0) is 13.9. The van der Waals surface area contributed by atoms with E-state index >= 15 is 0 Å². The Morgan fingerprint density at radius 3 is 2.84 bits per heavy atom. The van der Waals surface area contributed by atoms with Gasteiger partial charge in [0.2, 0.25) is 0 Å². The van der Waals surface area contributed by atoms with Crippen molar-refractivity contribution in [2.45, 2.75) is 5.75 Å². The van der Waals surface area contributed by atoms with Crippen LogP contribution in [0.2, 0.25) is 0 Å². The maximum Gasteiger partial charge on any atom is 0.166 e. The molecule has 1 rings (SSSR count). The number of rotatable bonds is 8. The first-order valence-corrected chi connectivity index (χ1v) is 7.75. The molecule has 0 unspecified atom stereocenters. The van der Waals surface area contributed by atoms with E-state index in [0.29, 0.717) is 0 Å². The highest BCUT2D eigenvalue weighted by atomic mass is 32.2. The predicted molar refractivity (Wildman–Crippen MR) is 85.4 cm³/mol. The summed E-state index contributed by atoms with van der Waals surface area (Å²) in [6.45, 7) is 2.70. The molecule has 0 aliphatic heterocycles. The van der Waals surface area contributed by atoms with E-state index < -0.39 is 0 Å². The smallest absolute Gasteiger partial charge is 0.166 e. The summed E-state index contributed by atoms with van der Waals surface area (Å²) in [6, 6.07) is 3.89. The van der Waals surface area contributed by atoms with Crippen molar-refractivity contribution in [3.63, 3.8) is 0 Å². The molecule has 0 spiro atoms. The fourth-order valence-electron chi connectivity index (χ4n) is 1.28. The Bertz CT molecular complexity index is 358. The second kappa shape index (κ2) is 9.94. The van der Waals surface area contributed by atoms with Gasteiger partial charge in [0.05, 0.1) is 5.69 Å². The summed E-state index contributed by atoms with van der Waals surface area (Å²) in [4.78, 5) is 2.12. The van der Waals surface area contributed by atoms with Gasteiger partial charge in [0.15, 0.2) is 5.11 Å². The van der Waals surface area contributed by atoms with Gasteiger partial charge in [0.1, 0.15) is 0 Å². The molecule has 19 heavy (non-hydrogen) atoms. The average Bonchev–Trinajstić information content (AvgIpc) is 2.39. The minimum atomic E-state index is 0.724. The summed E-state index contributed by atoms with van der Waals surface area (Å²) < 4.78 is 0. The number of aromatic nitrogens is 2. The highest BCUT2D eigenvalue weighted by Gasteiger charge is 1.97. The molecule has 0 aliphatic carbocycles. The molecule has 1 heterocycles. The maximum absolute atomic E-state index is 5.18. The summed E-state index contributed by atoms with van der Waals surface area (Å²) in [5.74, 6) is 1.88. The van der Waals surface area contributed by atoms with Gasteiger partial charge in [-0.25, -0.2) is 0 Å². The van der Waals surface area contributed by atoms with E-state index in [4.69, 9.17) is 12.2 Å². The van der Waals surface area contributed by atoms with Crippen LogP contribution >= 0.6 is 24.0 Å². The number of thioether (sulfide) groups is 1. The summed E-state index contributed by atoms with van der Waals surface area (Å²) in [5, 5.41) is 15.0. The second-order valence-electron chi connectivity index (χ2n) is 4.25. The Balaban J connectivity index is 1.97. The lowest BCUT2D eigenvalue weighted by atomic mass is 10.4. The van der Waals surface area contributed by atoms with Crippen molar-refractivity contribution >= 4 is 29.1 Å². The van der Waals surface area contributed by atoms with Crippen LogP contribution in [0.1, 0.15) is 5.69 Å². The highest BCUT2D eigenvalue weighted by Crippen LogP contribution is 2.07. The Labute approximate surface area is 124 Å². The van der Waals surface area contributed by atoms with Gasteiger partial charge < -0.3 is 15.5 Å². The van der Waals surface area contributed by atoms with Crippen LogP contribution in [0.5, 0.6) is 0 Å². The third-order valence-corrected chi connectivity index (χ3v) is 3.54. The van der Waals surface area contributed by atoms with E-state index in [0.717, 1.165) is 41.9 Å². The average molecular weight is 299 g/mol. The van der Waals surface area contributed by atoms with Crippen LogP contribution in [-0.2, 0) is 5.75 Å². The Morgan fingerprint density at radius 1 is 1.37 bits per heavy atom. The summed E-state index contributed by atoms with van der Waals surface area (Å²) in [5.41, 5.74) is 1.01. The molecule has 7 heteroatoms. The first-order chi connectivity index (χ1) is 9.18.